The number of rotatable bonds is 1. The maximum atomic E-state index is 12.4. The molecule has 0 amide bonds. The van der Waals surface area contributed by atoms with Gasteiger partial charge in [-0.1, -0.05) is 0 Å². The molecule has 1 fully saturated rings. The molecule has 0 unspecified atom stereocenters. The van der Waals surface area contributed by atoms with E-state index in [-0.39, 0.29) is 5.92 Å². The van der Waals surface area contributed by atoms with E-state index >= 15 is 0 Å². The molecule has 1 heterocycles. The van der Waals surface area contributed by atoms with Crippen LogP contribution in [0.2, 0.25) is 0 Å². The number of hydrogen-bond acceptors (Lipinski definition) is 2. The molecule has 0 aliphatic carbocycles. The number of hydrogen-bond donors (Lipinski definition) is 2. The number of halogens is 1. The van der Waals surface area contributed by atoms with Crippen molar-refractivity contribution in [2.45, 2.75) is 6.17 Å². The topological polar surface area (TPSA) is 38.0 Å². The van der Waals surface area contributed by atoms with E-state index in [1.165, 1.54) is 0 Å². The van der Waals surface area contributed by atoms with Crippen molar-refractivity contribution in [2.75, 3.05) is 19.6 Å². The molecule has 0 spiro atoms. The predicted octanol–water partition coefficient (Wildman–Crippen LogP) is -0.497. The van der Waals surface area contributed by atoms with E-state index < -0.39 is 6.17 Å². The fraction of sp³-hybridized carbons (Fsp3) is 1.00. The summed E-state index contributed by atoms with van der Waals surface area (Å²) in [5, 5.41) is 2.92. The summed E-state index contributed by atoms with van der Waals surface area (Å²) in [6.07, 6.45) is -0.708. The first-order valence-corrected chi connectivity index (χ1v) is 2.89. The Balaban J connectivity index is 2.30. The summed E-state index contributed by atoms with van der Waals surface area (Å²) in [4.78, 5) is 0. The van der Waals surface area contributed by atoms with Crippen LogP contribution in [0.25, 0.3) is 0 Å². The summed E-state index contributed by atoms with van der Waals surface area (Å²) >= 11 is 0. The highest BCUT2D eigenvalue weighted by Crippen LogP contribution is 2.09. The zero-order valence-electron chi connectivity index (χ0n) is 4.73. The third kappa shape index (κ3) is 0.980. The number of nitrogens with one attached hydrogen (secondary N) is 1. The van der Waals surface area contributed by atoms with Crippen molar-refractivity contribution in [1.29, 1.82) is 0 Å². The van der Waals surface area contributed by atoms with Gasteiger partial charge in [-0.2, -0.15) is 0 Å². The van der Waals surface area contributed by atoms with E-state index in [0.717, 1.165) is 6.54 Å². The van der Waals surface area contributed by atoms with Crippen molar-refractivity contribution in [3.05, 3.63) is 0 Å². The fourth-order valence-corrected chi connectivity index (χ4v) is 0.932. The van der Waals surface area contributed by atoms with Gasteiger partial charge in [-0.05, 0) is 6.54 Å². The summed E-state index contributed by atoms with van der Waals surface area (Å²) in [5.74, 6) is 0.0648. The molecule has 0 aromatic heterocycles. The van der Waals surface area contributed by atoms with Crippen LogP contribution in [0.3, 0.4) is 0 Å². The van der Waals surface area contributed by atoms with Crippen LogP contribution in [0.4, 0.5) is 4.39 Å². The molecule has 2 atom stereocenters. The molecule has 0 radical (unpaired) electrons. The maximum absolute atomic E-state index is 12.4. The highest BCUT2D eigenvalue weighted by molar-refractivity contribution is 4.80. The Morgan fingerprint density at radius 3 is 2.62 bits per heavy atom. The lowest BCUT2D eigenvalue weighted by Crippen LogP contribution is -2.22. The van der Waals surface area contributed by atoms with Crippen molar-refractivity contribution in [3.8, 4) is 0 Å². The number of nitrogens with two attached hydrogens (primary N) is 1. The average Bonchev–Trinajstić information content (AvgIpc) is 2.14. The van der Waals surface area contributed by atoms with Gasteiger partial charge in [-0.25, -0.2) is 4.39 Å². The van der Waals surface area contributed by atoms with Crippen LogP contribution < -0.4 is 11.1 Å². The van der Waals surface area contributed by atoms with Crippen LogP contribution in [0, 0.1) is 5.92 Å². The lowest BCUT2D eigenvalue weighted by Gasteiger charge is -2.05. The van der Waals surface area contributed by atoms with E-state index in [4.69, 9.17) is 5.73 Å². The second-order valence-corrected chi connectivity index (χ2v) is 2.17. The molecule has 1 rings (SSSR count). The Morgan fingerprint density at radius 1 is 1.62 bits per heavy atom. The highest BCUT2D eigenvalue weighted by Gasteiger charge is 2.24. The van der Waals surface area contributed by atoms with E-state index in [2.05, 4.69) is 5.32 Å². The van der Waals surface area contributed by atoms with Gasteiger partial charge >= 0.3 is 0 Å². The van der Waals surface area contributed by atoms with Crippen LogP contribution >= 0.6 is 0 Å². The number of alkyl halides is 1. The van der Waals surface area contributed by atoms with Gasteiger partial charge in [0, 0.05) is 19.0 Å². The normalized spacial score (nSPS) is 38.2. The molecule has 0 bridgehead atoms. The third-order valence-corrected chi connectivity index (χ3v) is 1.56. The molecule has 3 N–H and O–H groups in total. The van der Waals surface area contributed by atoms with Crippen molar-refractivity contribution >= 4 is 0 Å². The molecule has 1 aliphatic rings. The van der Waals surface area contributed by atoms with E-state index in [1.54, 1.807) is 0 Å². The van der Waals surface area contributed by atoms with E-state index in [9.17, 15) is 4.39 Å². The van der Waals surface area contributed by atoms with Gasteiger partial charge in [0.15, 0.2) is 0 Å². The first-order valence-electron chi connectivity index (χ1n) is 2.89. The Labute approximate surface area is 48.2 Å². The van der Waals surface area contributed by atoms with Gasteiger partial charge in [0.25, 0.3) is 0 Å². The van der Waals surface area contributed by atoms with Crippen LogP contribution in [0.1, 0.15) is 0 Å². The second-order valence-electron chi connectivity index (χ2n) is 2.17. The SMILES string of the molecule is NC[C@@H]1CNC[C@@H]1F. The smallest absolute Gasteiger partial charge is 0.118 e. The zero-order chi connectivity index (χ0) is 5.98. The largest absolute Gasteiger partial charge is 0.330 e. The molecule has 1 aliphatic heterocycles. The lowest BCUT2D eigenvalue weighted by molar-refractivity contribution is 0.288. The summed E-state index contributed by atoms with van der Waals surface area (Å²) in [7, 11) is 0. The third-order valence-electron chi connectivity index (χ3n) is 1.56. The van der Waals surface area contributed by atoms with Crippen LogP contribution in [0.5, 0.6) is 0 Å². The predicted molar refractivity (Wildman–Crippen MR) is 30.3 cm³/mol. The summed E-state index contributed by atoms with van der Waals surface area (Å²) in [5.41, 5.74) is 5.24. The van der Waals surface area contributed by atoms with Crippen molar-refractivity contribution in [3.63, 3.8) is 0 Å². The van der Waals surface area contributed by atoms with Gasteiger partial charge in [0.1, 0.15) is 6.17 Å². The molecular weight excluding hydrogens is 107 g/mol. The molecule has 0 saturated carbocycles. The molecular formula is C5H11FN2. The Morgan fingerprint density at radius 2 is 2.38 bits per heavy atom. The van der Waals surface area contributed by atoms with Crippen molar-refractivity contribution < 1.29 is 4.39 Å². The maximum Gasteiger partial charge on any atom is 0.118 e. The summed E-state index contributed by atoms with van der Waals surface area (Å²) in [6, 6.07) is 0. The van der Waals surface area contributed by atoms with Gasteiger partial charge < -0.3 is 11.1 Å². The average molecular weight is 118 g/mol. The van der Waals surface area contributed by atoms with Crippen molar-refractivity contribution in [1.82, 2.24) is 5.32 Å². The lowest BCUT2D eigenvalue weighted by atomic mass is 10.1. The summed E-state index contributed by atoms with van der Waals surface area (Å²) in [6.45, 7) is 1.70. The molecule has 0 aromatic rings. The molecule has 3 heteroatoms. The van der Waals surface area contributed by atoms with Crippen LogP contribution in [-0.2, 0) is 0 Å². The molecule has 2 nitrogen and oxygen atoms in total. The van der Waals surface area contributed by atoms with Gasteiger partial charge in [0.05, 0.1) is 0 Å². The Bertz CT molecular complexity index is 76.8. The minimum absolute atomic E-state index is 0.0648. The molecule has 1 saturated heterocycles. The quantitative estimate of drug-likeness (QED) is 0.487. The highest BCUT2D eigenvalue weighted by atomic mass is 19.1. The summed E-state index contributed by atoms with van der Waals surface area (Å²) < 4.78 is 12.4. The second kappa shape index (κ2) is 2.42. The molecule has 8 heavy (non-hydrogen) atoms. The molecule has 48 valence electrons. The van der Waals surface area contributed by atoms with Gasteiger partial charge in [-0.15, -0.1) is 0 Å². The van der Waals surface area contributed by atoms with Crippen LogP contribution in [0.15, 0.2) is 0 Å². The van der Waals surface area contributed by atoms with Gasteiger partial charge in [-0.3, -0.25) is 0 Å². The Hall–Kier alpha value is -0.150. The minimum atomic E-state index is -0.708. The standard InChI is InChI=1S/C5H11FN2/c6-5-3-8-2-4(5)1-7/h4-5,8H,1-3,7H2/t4-,5+/m1/s1. The first kappa shape index (κ1) is 5.98. The first-order chi connectivity index (χ1) is 3.84. The fourth-order valence-electron chi connectivity index (χ4n) is 0.932. The zero-order valence-corrected chi connectivity index (χ0v) is 4.73. The molecule has 0 aromatic carbocycles. The van der Waals surface area contributed by atoms with Crippen molar-refractivity contribution in [2.24, 2.45) is 11.7 Å². The van der Waals surface area contributed by atoms with Crippen LogP contribution in [-0.4, -0.2) is 25.8 Å². The monoisotopic (exact) mass is 118 g/mol. The van der Waals surface area contributed by atoms with E-state index in [1.807, 2.05) is 0 Å². The van der Waals surface area contributed by atoms with E-state index in [0.29, 0.717) is 13.1 Å². The minimum Gasteiger partial charge on any atom is -0.330 e. The van der Waals surface area contributed by atoms with Gasteiger partial charge in [0.2, 0.25) is 0 Å². The Kier molecular flexibility index (Phi) is 1.81.